The maximum Gasteiger partial charge on any atom is 0.488 e. The van der Waals surface area contributed by atoms with Gasteiger partial charge in [0.1, 0.15) is 0 Å². The van der Waals surface area contributed by atoms with Gasteiger partial charge in [0.2, 0.25) is 6.41 Å². The number of amides is 1. The zero-order chi connectivity index (χ0) is 12.7. The number of nitrogens with zero attached hydrogens (tertiary/aromatic N) is 1. The lowest BCUT2D eigenvalue weighted by molar-refractivity contribution is -0.374. The minimum atomic E-state index is -1.46. The maximum absolute atomic E-state index is 10.3. The summed E-state index contributed by atoms with van der Waals surface area (Å²) in [4.78, 5) is 14.1. The molecule has 6 nitrogen and oxygen atoms in total. The fourth-order valence-corrected chi connectivity index (χ4v) is 1.41. The number of rotatable bonds is 7. The van der Waals surface area contributed by atoms with Crippen LogP contribution in [0.3, 0.4) is 0 Å². The number of hydrogen-bond donors (Lipinski definition) is 3. The number of benzene rings is 1. The van der Waals surface area contributed by atoms with Crippen LogP contribution in [0.2, 0.25) is 0 Å². The Kier molecular flexibility index (Phi) is 5.64. The van der Waals surface area contributed by atoms with Crippen LogP contribution in [0.4, 0.5) is 0 Å². The van der Waals surface area contributed by atoms with Crippen LogP contribution in [-0.4, -0.2) is 40.4 Å². The molecule has 1 rings (SSSR count). The van der Waals surface area contributed by atoms with E-state index in [1.165, 1.54) is 0 Å². The lowest BCUT2D eigenvalue weighted by Crippen LogP contribution is -2.29. The lowest BCUT2D eigenvalue weighted by Gasteiger charge is -2.10. The first-order valence-electron chi connectivity index (χ1n) is 5.16. The van der Waals surface area contributed by atoms with Crippen LogP contribution in [-0.2, 0) is 16.2 Å². The normalized spacial score (nSPS) is 10.1. The van der Waals surface area contributed by atoms with Crippen LogP contribution in [0.5, 0.6) is 0 Å². The predicted octanol–water partition coefficient (Wildman–Crippen LogP) is -0.838. The van der Waals surface area contributed by atoms with E-state index in [0.717, 1.165) is 10.6 Å². The zero-order valence-corrected chi connectivity index (χ0v) is 9.19. The summed E-state index contributed by atoms with van der Waals surface area (Å²) in [5.41, 5.74) is 1.43. The van der Waals surface area contributed by atoms with Gasteiger partial charge in [-0.05, 0) is 23.9 Å². The molecule has 0 aliphatic carbocycles. The number of hydroxylamine groups is 2. The average Bonchev–Trinajstić information content (AvgIpc) is 2.35. The van der Waals surface area contributed by atoms with Gasteiger partial charge in [-0.2, -0.15) is 5.06 Å². The Hall–Kier alpha value is -1.41. The van der Waals surface area contributed by atoms with E-state index >= 15 is 0 Å². The lowest BCUT2D eigenvalue weighted by atomic mass is 9.80. The molecule has 0 unspecified atom stereocenters. The fourth-order valence-electron chi connectivity index (χ4n) is 1.41. The molecule has 1 amide bonds. The standard InChI is InChI=1S/C10H14BNO5/c13-8-12(17-16)7-1-2-9-3-5-10(6-4-9)11(14)15/h3-6,8,14-16H,1-2,7H2. The van der Waals surface area contributed by atoms with Gasteiger partial charge in [-0.15, -0.1) is 4.99 Å². The second-order valence-electron chi connectivity index (χ2n) is 3.55. The monoisotopic (exact) mass is 239 g/mol. The molecule has 0 saturated heterocycles. The molecule has 0 saturated carbocycles. The van der Waals surface area contributed by atoms with E-state index in [4.69, 9.17) is 15.3 Å². The summed E-state index contributed by atoms with van der Waals surface area (Å²) in [5.74, 6) is 0. The van der Waals surface area contributed by atoms with Crippen LogP contribution in [0.1, 0.15) is 12.0 Å². The van der Waals surface area contributed by atoms with E-state index in [0.29, 0.717) is 24.7 Å². The smallest absolute Gasteiger partial charge is 0.423 e. The molecule has 0 bridgehead atoms. The van der Waals surface area contributed by atoms with Crippen molar-refractivity contribution < 1.29 is 25.1 Å². The molecule has 0 radical (unpaired) electrons. The average molecular weight is 239 g/mol. The Morgan fingerprint density at radius 3 is 2.41 bits per heavy atom. The van der Waals surface area contributed by atoms with Gasteiger partial charge in [-0.3, -0.25) is 4.79 Å². The Balaban J connectivity index is 2.39. The minimum Gasteiger partial charge on any atom is -0.423 e. The van der Waals surface area contributed by atoms with Crippen LogP contribution < -0.4 is 5.46 Å². The van der Waals surface area contributed by atoms with Crippen molar-refractivity contribution in [1.82, 2.24) is 5.06 Å². The first-order valence-corrected chi connectivity index (χ1v) is 5.16. The Labute approximate surface area is 99.1 Å². The van der Waals surface area contributed by atoms with E-state index in [1.807, 2.05) is 0 Å². The molecule has 3 N–H and O–H groups in total. The van der Waals surface area contributed by atoms with E-state index in [1.54, 1.807) is 24.3 Å². The molecule has 92 valence electrons. The summed E-state index contributed by atoms with van der Waals surface area (Å²) in [6.45, 7) is 0.282. The van der Waals surface area contributed by atoms with Crippen molar-refractivity contribution >= 4 is 19.0 Å². The summed E-state index contributed by atoms with van der Waals surface area (Å²) in [5, 5.41) is 26.8. The molecule has 1 aromatic rings. The van der Waals surface area contributed by atoms with Crippen LogP contribution in [0, 0.1) is 0 Å². The topological polar surface area (TPSA) is 90.2 Å². The van der Waals surface area contributed by atoms with Gasteiger partial charge in [0, 0.05) is 0 Å². The molecule has 0 spiro atoms. The van der Waals surface area contributed by atoms with Gasteiger partial charge in [-0.25, -0.2) is 5.26 Å². The van der Waals surface area contributed by atoms with Gasteiger partial charge in [0.15, 0.2) is 0 Å². The van der Waals surface area contributed by atoms with E-state index < -0.39 is 7.12 Å². The van der Waals surface area contributed by atoms with Gasteiger partial charge in [-0.1, -0.05) is 24.3 Å². The van der Waals surface area contributed by atoms with Crippen molar-refractivity contribution in [2.75, 3.05) is 6.54 Å². The summed E-state index contributed by atoms with van der Waals surface area (Å²) < 4.78 is 0. The molecule has 0 heterocycles. The van der Waals surface area contributed by atoms with E-state index in [9.17, 15) is 4.79 Å². The maximum atomic E-state index is 10.3. The molecular weight excluding hydrogens is 225 g/mol. The fraction of sp³-hybridized carbons (Fsp3) is 0.300. The molecule has 0 fully saturated rings. The summed E-state index contributed by atoms with van der Waals surface area (Å²) >= 11 is 0. The highest BCUT2D eigenvalue weighted by molar-refractivity contribution is 6.58. The third kappa shape index (κ3) is 4.53. The molecule has 0 aliphatic rings. The van der Waals surface area contributed by atoms with Crippen LogP contribution >= 0.6 is 0 Å². The molecule has 17 heavy (non-hydrogen) atoms. The highest BCUT2D eigenvalue weighted by atomic mass is 17.2. The molecule has 0 atom stereocenters. The van der Waals surface area contributed by atoms with E-state index in [-0.39, 0.29) is 6.54 Å². The quantitative estimate of drug-likeness (QED) is 0.250. The Morgan fingerprint density at radius 1 is 1.29 bits per heavy atom. The second-order valence-corrected chi connectivity index (χ2v) is 3.55. The van der Waals surface area contributed by atoms with E-state index in [2.05, 4.69) is 4.99 Å². The van der Waals surface area contributed by atoms with Crippen molar-refractivity contribution in [2.45, 2.75) is 12.8 Å². The van der Waals surface area contributed by atoms with Crippen molar-refractivity contribution in [3.8, 4) is 0 Å². The predicted molar refractivity (Wildman–Crippen MR) is 61.1 cm³/mol. The number of carbonyl (C=O) groups is 1. The second kappa shape index (κ2) is 7.03. The Bertz CT molecular complexity index is 343. The zero-order valence-electron chi connectivity index (χ0n) is 9.19. The van der Waals surface area contributed by atoms with Gasteiger partial charge in [0.25, 0.3) is 0 Å². The summed E-state index contributed by atoms with van der Waals surface area (Å²) in [6, 6.07) is 6.81. The number of hydrogen-bond acceptors (Lipinski definition) is 5. The third-order valence-corrected chi connectivity index (χ3v) is 2.34. The third-order valence-electron chi connectivity index (χ3n) is 2.34. The molecule has 7 heteroatoms. The first-order chi connectivity index (χ1) is 8.17. The van der Waals surface area contributed by atoms with Crippen molar-refractivity contribution in [3.05, 3.63) is 29.8 Å². The van der Waals surface area contributed by atoms with Gasteiger partial charge >= 0.3 is 7.12 Å². The summed E-state index contributed by atoms with van der Waals surface area (Å²) in [7, 11) is -1.46. The molecule has 0 aliphatic heterocycles. The van der Waals surface area contributed by atoms with Crippen molar-refractivity contribution in [2.24, 2.45) is 0 Å². The number of carbonyl (C=O) groups excluding carboxylic acids is 1. The minimum absolute atomic E-state index is 0.282. The summed E-state index contributed by atoms with van der Waals surface area (Å²) in [6.07, 6.45) is 1.71. The highest BCUT2D eigenvalue weighted by Crippen LogP contribution is 2.02. The van der Waals surface area contributed by atoms with Crippen molar-refractivity contribution in [3.63, 3.8) is 0 Å². The molecular formula is C10H14BNO5. The van der Waals surface area contributed by atoms with Gasteiger partial charge < -0.3 is 10.0 Å². The van der Waals surface area contributed by atoms with Gasteiger partial charge in [0.05, 0.1) is 6.54 Å². The molecule has 0 aromatic heterocycles. The Morgan fingerprint density at radius 2 is 1.94 bits per heavy atom. The van der Waals surface area contributed by atoms with Crippen molar-refractivity contribution in [1.29, 1.82) is 0 Å². The van der Waals surface area contributed by atoms with Crippen LogP contribution in [0.15, 0.2) is 24.3 Å². The molecule has 1 aromatic carbocycles. The highest BCUT2D eigenvalue weighted by Gasteiger charge is 2.09. The first kappa shape index (κ1) is 13.7. The largest absolute Gasteiger partial charge is 0.488 e. The number of aryl methyl sites for hydroxylation is 1. The SMILES string of the molecule is O=CN(CCCc1ccc(B(O)O)cc1)OO. The van der Waals surface area contributed by atoms with Crippen LogP contribution in [0.25, 0.3) is 0 Å².